The molecular weight excluding hydrogens is 394 g/mol. The average molecular weight is 418 g/mol. The Kier molecular flexibility index (Phi) is 4.45. The van der Waals surface area contributed by atoms with E-state index in [0.717, 1.165) is 34.9 Å². The summed E-state index contributed by atoms with van der Waals surface area (Å²) in [6.45, 7) is 4.87. The Bertz CT molecular complexity index is 1050. The molecule has 2 saturated heterocycles. The molecule has 2 aliphatic rings. The van der Waals surface area contributed by atoms with Crippen LogP contribution >= 0.6 is 11.3 Å². The molecule has 4 heterocycles. The van der Waals surface area contributed by atoms with Crippen LogP contribution in [0.5, 0.6) is 0 Å². The lowest BCUT2D eigenvalue weighted by Crippen LogP contribution is -2.44. The number of hydrogen-bond acceptors (Lipinski definition) is 6. The Hall–Kier alpha value is -0.970. The molecule has 2 atom stereocenters. The zero-order valence-electron chi connectivity index (χ0n) is 14.9. The van der Waals surface area contributed by atoms with Crippen molar-refractivity contribution in [3.63, 3.8) is 0 Å². The van der Waals surface area contributed by atoms with Crippen molar-refractivity contribution in [3.05, 3.63) is 22.6 Å². The number of aromatic nitrogens is 2. The van der Waals surface area contributed by atoms with E-state index in [2.05, 4.69) is 9.78 Å². The van der Waals surface area contributed by atoms with Gasteiger partial charge in [0, 0.05) is 30.1 Å². The smallest absolute Gasteiger partial charge is 0.218 e. The van der Waals surface area contributed by atoms with E-state index in [1.165, 1.54) is 4.31 Å². The fraction of sp³-hybridized carbons (Fsp3) is 0.688. The number of sulfonamides is 1. The second kappa shape index (κ2) is 6.29. The fourth-order valence-corrected chi connectivity index (χ4v) is 9.84. The molecule has 10 heteroatoms. The molecule has 7 nitrogen and oxygen atoms in total. The van der Waals surface area contributed by atoms with Crippen molar-refractivity contribution in [2.24, 2.45) is 0 Å². The second-order valence-electron chi connectivity index (χ2n) is 7.33. The molecule has 26 heavy (non-hydrogen) atoms. The molecule has 2 aromatic rings. The van der Waals surface area contributed by atoms with Crippen LogP contribution in [0.15, 0.2) is 5.38 Å². The van der Waals surface area contributed by atoms with Gasteiger partial charge in [0.15, 0.2) is 9.84 Å². The summed E-state index contributed by atoms with van der Waals surface area (Å²) < 4.78 is 53.0. The van der Waals surface area contributed by atoms with Crippen molar-refractivity contribution in [1.29, 1.82) is 0 Å². The third-order valence-corrected chi connectivity index (χ3v) is 10.8. The Morgan fingerprint density at radius 3 is 2.73 bits per heavy atom. The van der Waals surface area contributed by atoms with E-state index in [4.69, 9.17) is 4.98 Å². The number of imidazole rings is 1. The van der Waals surface area contributed by atoms with Gasteiger partial charge in [0.2, 0.25) is 10.0 Å². The number of fused-ring (bicyclic) bond motifs is 1. The van der Waals surface area contributed by atoms with Crippen LogP contribution in [0.2, 0.25) is 0 Å². The van der Waals surface area contributed by atoms with Crippen molar-refractivity contribution in [3.8, 4) is 0 Å². The van der Waals surface area contributed by atoms with Crippen LogP contribution in [0, 0.1) is 13.8 Å². The van der Waals surface area contributed by atoms with Gasteiger partial charge in [0.05, 0.1) is 22.4 Å². The Morgan fingerprint density at radius 1 is 1.27 bits per heavy atom. The predicted molar refractivity (Wildman–Crippen MR) is 102 cm³/mol. The van der Waals surface area contributed by atoms with Crippen LogP contribution in [0.25, 0.3) is 4.83 Å². The van der Waals surface area contributed by atoms with E-state index >= 15 is 0 Å². The van der Waals surface area contributed by atoms with Crippen LogP contribution in [-0.4, -0.2) is 60.4 Å². The highest BCUT2D eigenvalue weighted by Crippen LogP contribution is 2.35. The van der Waals surface area contributed by atoms with Crippen LogP contribution < -0.4 is 0 Å². The first-order chi connectivity index (χ1) is 12.2. The summed E-state index contributed by atoms with van der Waals surface area (Å²) >= 11 is 1.64. The van der Waals surface area contributed by atoms with Gasteiger partial charge in [0.1, 0.15) is 10.7 Å². The topological polar surface area (TPSA) is 88.8 Å². The minimum atomic E-state index is -3.59. The van der Waals surface area contributed by atoms with Crippen LogP contribution in [0.3, 0.4) is 0 Å². The molecule has 4 rings (SSSR count). The van der Waals surface area contributed by atoms with Gasteiger partial charge in [-0.2, -0.15) is 0 Å². The zero-order valence-corrected chi connectivity index (χ0v) is 17.3. The molecule has 0 bridgehead atoms. The average Bonchev–Trinajstić information content (AvgIpc) is 3.24. The van der Waals surface area contributed by atoms with Crippen molar-refractivity contribution in [1.82, 2.24) is 13.7 Å². The van der Waals surface area contributed by atoms with Gasteiger partial charge in [0.25, 0.3) is 0 Å². The highest BCUT2D eigenvalue weighted by molar-refractivity contribution is 7.95. The lowest BCUT2D eigenvalue weighted by atomic mass is 9.97. The number of sulfone groups is 1. The van der Waals surface area contributed by atoms with Crippen LogP contribution in [0.1, 0.15) is 42.4 Å². The summed E-state index contributed by atoms with van der Waals surface area (Å²) in [4.78, 5) is 5.82. The number of piperidine rings is 1. The molecule has 0 aromatic carbocycles. The van der Waals surface area contributed by atoms with E-state index in [0.29, 0.717) is 13.1 Å². The lowest BCUT2D eigenvalue weighted by Gasteiger charge is -2.32. The quantitative estimate of drug-likeness (QED) is 0.758. The molecule has 0 unspecified atom stereocenters. The van der Waals surface area contributed by atoms with Crippen molar-refractivity contribution >= 4 is 36.0 Å². The number of thiazole rings is 1. The maximum Gasteiger partial charge on any atom is 0.218 e. The molecule has 0 saturated carbocycles. The maximum atomic E-state index is 13.0. The third kappa shape index (κ3) is 3.00. The van der Waals surface area contributed by atoms with Gasteiger partial charge in [-0.3, -0.25) is 4.40 Å². The zero-order chi connectivity index (χ0) is 18.7. The molecule has 144 valence electrons. The minimum absolute atomic E-state index is 0.0243. The van der Waals surface area contributed by atoms with Gasteiger partial charge in [-0.05, 0) is 33.1 Å². The number of hydrogen-bond donors (Lipinski definition) is 0. The van der Waals surface area contributed by atoms with Crippen molar-refractivity contribution in [2.75, 3.05) is 24.6 Å². The molecule has 2 aliphatic heterocycles. The SMILES string of the molecule is Cc1csc2c([C@H]3CCCN(S(=O)(=O)[C@H]4CCS(=O)(=O)C4)C3)nc(C)n12. The summed E-state index contributed by atoms with van der Waals surface area (Å²) in [6.07, 6.45) is 1.88. The van der Waals surface area contributed by atoms with E-state index < -0.39 is 25.1 Å². The summed E-state index contributed by atoms with van der Waals surface area (Å²) in [5.74, 6) is 0.715. The van der Waals surface area contributed by atoms with Crippen molar-refractivity contribution in [2.45, 2.75) is 44.3 Å². The van der Waals surface area contributed by atoms with Crippen LogP contribution in [0.4, 0.5) is 0 Å². The summed E-state index contributed by atoms with van der Waals surface area (Å²) in [5.41, 5.74) is 2.11. The number of nitrogens with zero attached hydrogens (tertiary/aromatic N) is 3. The van der Waals surface area contributed by atoms with E-state index in [-0.39, 0.29) is 23.8 Å². The lowest BCUT2D eigenvalue weighted by molar-refractivity contribution is 0.311. The maximum absolute atomic E-state index is 13.0. The largest absolute Gasteiger partial charge is 0.292 e. The second-order valence-corrected chi connectivity index (χ2v) is 12.6. The van der Waals surface area contributed by atoms with Gasteiger partial charge >= 0.3 is 0 Å². The molecular formula is C16H23N3O4S3. The standard InChI is InChI=1S/C16H23N3O4S3/c1-11-9-24-16-15(17-12(2)19(11)16)13-4-3-6-18(8-13)26(22,23)14-5-7-25(20,21)10-14/h9,13-14H,3-8,10H2,1-2H3/t13-,14-/m0/s1. The Labute approximate surface area is 158 Å². The van der Waals surface area contributed by atoms with Gasteiger partial charge in [-0.15, -0.1) is 11.3 Å². The molecule has 0 radical (unpaired) electrons. The third-order valence-electron chi connectivity index (χ3n) is 5.46. The van der Waals surface area contributed by atoms with E-state index in [1.54, 1.807) is 11.3 Å². The van der Waals surface area contributed by atoms with Crippen molar-refractivity contribution < 1.29 is 16.8 Å². The number of rotatable bonds is 3. The molecule has 0 spiro atoms. The number of aryl methyl sites for hydroxylation is 2. The molecule has 0 N–H and O–H groups in total. The van der Waals surface area contributed by atoms with Gasteiger partial charge in [-0.1, -0.05) is 0 Å². The fourth-order valence-electron chi connectivity index (χ4n) is 4.13. The van der Waals surface area contributed by atoms with Gasteiger partial charge < -0.3 is 0 Å². The summed E-state index contributed by atoms with van der Waals surface area (Å²) in [6, 6.07) is 0. The highest BCUT2D eigenvalue weighted by atomic mass is 32.2. The normalized spacial score (nSPS) is 27.3. The molecule has 2 fully saturated rings. The first-order valence-corrected chi connectivity index (χ1v) is 13.0. The van der Waals surface area contributed by atoms with Crippen LogP contribution in [-0.2, 0) is 19.9 Å². The van der Waals surface area contributed by atoms with E-state index in [9.17, 15) is 16.8 Å². The minimum Gasteiger partial charge on any atom is -0.292 e. The first kappa shape index (κ1) is 18.4. The molecule has 2 aromatic heterocycles. The highest BCUT2D eigenvalue weighted by Gasteiger charge is 2.42. The Balaban J connectivity index is 1.61. The predicted octanol–water partition coefficient (Wildman–Crippen LogP) is 1.71. The molecule has 0 aliphatic carbocycles. The monoisotopic (exact) mass is 417 g/mol. The summed E-state index contributed by atoms with van der Waals surface area (Å²) in [5, 5.41) is 1.30. The van der Waals surface area contributed by atoms with E-state index in [1.807, 2.05) is 13.8 Å². The van der Waals surface area contributed by atoms with Gasteiger partial charge in [-0.25, -0.2) is 26.1 Å². The Morgan fingerprint density at radius 2 is 2.04 bits per heavy atom. The first-order valence-electron chi connectivity index (χ1n) is 8.81. The molecule has 0 amide bonds. The summed E-state index contributed by atoms with van der Waals surface area (Å²) in [7, 11) is -6.82.